The maximum absolute atomic E-state index is 13.2. The number of hydrogen-bond donors (Lipinski definition) is 0. The van der Waals surface area contributed by atoms with E-state index in [0.29, 0.717) is 30.6 Å². The van der Waals surface area contributed by atoms with E-state index in [1.54, 1.807) is 39.1 Å². The zero-order valence-electron chi connectivity index (χ0n) is 18.3. The van der Waals surface area contributed by atoms with E-state index in [-0.39, 0.29) is 17.0 Å². The molecule has 1 aliphatic rings. The zero-order valence-corrected chi connectivity index (χ0v) is 19.9. The summed E-state index contributed by atoms with van der Waals surface area (Å²) in [6.45, 7) is 3.71. The quantitative estimate of drug-likeness (QED) is 0.390. The normalized spacial score (nSPS) is 14.7. The number of carbonyl (C=O) groups is 1. The predicted molar refractivity (Wildman–Crippen MR) is 133 cm³/mol. The third kappa shape index (κ3) is 4.59. The monoisotopic (exact) mass is 477 g/mol. The number of benzene rings is 2. The lowest BCUT2D eigenvalue weighted by atomic mass is 9.97. The molecule has 1 amide bonds. The number of piperidine rings is 1. The maximum Gasteiger partial charge on any atom is 0.263 e. The van der Waals surface area contributed by atoms with E-state index < -0.39 is 0 Å². The lowest BCUT2D eigenvalue weighted by molar-refractivity contribution is 0.0710. The van der Waals surface area contributed by atoms with Gasteiger partial charge in [-0.2, -0.15) is 0 Å². The molecule has 1 fully saturated rings. The SMILES string of the molecule is Cc1cccc(Cn2cccc(C(=O)N3CCC(c4nc5cc(Cl)ccc5s4)CC3)c2=O)c1. The fourth-order valence-electron chi connectivity index (χ4n) is 4.42. The molecule has 4 aromatic rings. The van der Waals surface area contributed by atoms with Gasteiger partial charge in [-0.05, 0) is 55.7 Å². The van der Waals surface area contributed by atoms with Crippen LogP contribution in [0.1, 0.15) is 45.3 Å². The zero-order chi connectivity index (χ0) is 22.9. The van der Waals surface area contributed by atoms with Crippen LogP contribution in [0.25, 0.3) is 10.2 Å². The van der Waals surface area contributed by atoms with Crippen molar-refractivity contribution >= 4 is 39.1 Å². The van der Waals surface area contributed by atoms with Crippen LogP contribution in [-0.4, -0.2) is 33.4 Å². The van der Waals surface area contributed by atoms with Gasteiger partial charge < -0.3 is 9.47 Å². The van der Waals surface area contributed by atoms with Gasteiger partial charge in [-0.3, -0.25) is 9.59 Å². The van der Waals surface area contributed by atoms with E-state index in [0.717, 1.165) is 39.2 Å². The highest BCUT2D eigenvalue weighted by Crippen LogP contribution is 2.34. The van der Waals surface area contributed by atoms with Crippen molar-refractivity contribution in [1.82, 2.24) is 14.5 Å². The van der Waals surface area contributed by atoms with Gasteiger partial charge in [0, 0.05) is 30.2 Å². The average Bonchev–Trinajstić information content (AvgIpc) is 3.23. The van der Waals surface area contributed by atoms with E-state index in [1.807, 2.05) is 43.3 Å². The molecule has 0 saturated carbocycles. The molecule has 0 spiro atoms. The number of rotatable bonds is 4. The molecule has 2 aromatic heterocycles. The summed E-state index contributed by atoms with van der Waals surface area (Å²) in [6.07, 6.45) is 3.42. The molecule has 1 aliphatic heterocycles. The summed E-state index contributed by atoms with van der Waals surface area (Å²) in [4.78, 5) is 32.8. The first-order valence-corrected chi connectivity index (χ1v) is 12.3. The van der Waals surface area contributed by atoms with Crippen LogP contribution >= 0.6 is 22.9 Å². The largest absolute Gasteiger partial charge is 0.338 e. The van der Waals surface area contributed by atoms with E-state index >= 15 is 0 Å². The van der Waals surface area contributed by atoms with Crippen LogP contribution in [0.15, 0.2) is 65.6 Å². The van der Waals surface area contributed by atoms with Gasteiger partial charge in [-0.1, -0.05) is 41.4 Å². The molecule has 0 unspecified atom stereocenters. The Morgan fingerprint density at radius 2 is 1.94 bits per heavy atom. The van der Waals surface area contributed by atoms with Gasteiger partial charge in [0.05, 0.1) is 21.8 Å². The van der Waals surface area contributed by atoms with Gasteiger partial charge in [0.25, 0.3) is 11.5 Å². The number of hydrogen-bond acceptors (Lipinski definition) is 4. The van der Waals surface area contributed by atoms with Crippen LogP contribution < -0.4 is 5.56 Å². The summed E-state index contributed by atoms with van der Waals surface area (Å²) in [5.41, 5.74) is 3.11. The molecule has 3 heterocycles. The second kappa shape index (κ2) is 9.12. The van der Waals surface area contributed by atoms with E-state index in [2.05, 4.69) is 6.07 Å². The standard InChI is InChI=1S/C26H24ClN3O2S/c1-17-4-2-5-18(14-17)16-30-11-3-6-21(26(30)32)25(31)29-12-9-19(10-13-29)24-28-22-15-20(27)7-8-23(22)33-24/h2-8,11,14-15,19H,9-10,12-13,16H2,1H3. The van der Waals surface area contributed by atoms with Crippen LogP contribution in [0.2, 0.25) is 5.02 Å². The summed E-state index contributed by atoms with van der Waals surface area (Å²) >= 11 is 7.79. The van der Waals surface area contributed by atoms with Gasteiger partial charge in [-0.25, -0.2) is 4.98 Å². The molecule has 33 heavy (non-hydrogen) atoms. The lowest BCUT2D eigenvalue weighted by Crippen LogP contribution is -2.41. The summed E-state index contributed by atoms with van der Waals surface area (Å²) < 4.78 is 2.74. The number of pyridine rings is 1. The predicted octanol–water partition coefficient (Wildman–Crippen LogP) is 5.49. The number of aryl methyl sites for hydroxylation is 1. The number of nitrogens with zero attached hydrogens (tertiary/aromatic N) is 3. The van der Waals surface area contributed by atoms with E-state index in [1.165, 1.54) is 0 Å². The molecule has 168 valence electrons. The number of halogens is 1. The Morgan fingerprint density at radius 1 is 1.12 bits per heavy atom. The van der Waals surface area contributed by atoms with Crippen molar-refractivity contribution in [3.63, 3.8) is 0 Å². The minimum absolute atomic E-state index is 0.187. The number of carbonyl (C=O) groups excluding carboxylic acids is 1. The van der Waals surface area contributed by atoms with Crippen LogP contribution in [0.5, 0.6) is 0 Å². The third-order valence-electron chi connectivity index (χ3n) is 6.18. The molecule has 0 bridgehead atoms. The first-order valence-electron chi connectivity index (χ1n) is 11.1. The van der Waals surface area contributed by atoms with E-state index in [4.69, 9.17) is 16.6 Å². The Hall–Kier alpha value is -2.96. The van der Waals surface area contributed by atoms with Crippen LogP contribution in [-0.2, 0) is 6.54 Å². The Morgan fingerprint density at radius 3 is 2.73 bits per heavy atom. The van der Waals surface area contributed by atoms with Crippen molar-refractivity contribution in [2.75, 3.05) is 13.1 Å². The van der Waals surface area contributed by atoms with Crippen molar-refractivity contribution in [2.24, 2.45) is 0 Å². The summed E-state index contributed by atoms with van der Waals surface area (Å²) in [7, 11) is 0. The minimum Gasteiger partial charge on any atom is -0.338 e. The molecule has 0 atom stereocenters. The highest BCUT2D eigenvalue weighted by Gasteiger charge is 2.28. The lowest BCUT2D eigenvalue weighted by Gasteiger charge is -2.31. The van der Waals surface area contributed by atoms with Crippen molar-refractivity contribution < 1.29 is 4.79 Å². The molecule has 0 radical (unpaired) electrons. The second-order valence-corrected chi connectivity index (χ2v) is 10.1. The molecule has 5 rings (SSSR count). The Kier molecular flexibility index (Phi) is 6.04. The number of thiazole rings is 1. The van der Waals surface area contributed by atoms with Crippen molar-refractivity contribution in [1.29, 1.82) is 0 Å². The molecule has 7 heteroatoms. The third-order valence-corrected chi connectivity index (χ3v) is 7.62. The van der Waals surface area contributed by atoms with Gasteiger partial charge in [-0.15, -0.1) is 11.3 Å². The highest BCUT2D eigenvalue weighted by atomic mass is 35.5. The first-order chi connectivity index (χ1) is 16.0. The van der Waals surface area contributed by atoms with Gasteiger partial charge in [0.1, 0.15) is 5.56 Å². The Labute approximate surface area is 201 Å². The fraction of sp³-hybridized carbons (Fsp3) is 0.269. The highest BCUT2D eigenvalue weighted by molar-refractivity contribution is 7.18. The van der Waals surface area contributed by atoms with Gasteiger partial charge >= 0.3 is 0 Å². The average molecular weight is 478 g/mol. The summed E-state index contributed by atoms with van der Waals surface area (Å²) in [6, 6.07) is 17.3. The van der Waals surface area contributed by atoms with Crippen molar-refractivity contribution in [3.05, 3.63) is 97.9 Å². The van der Waals surface area contributed by atoms with Crippen molar-refractivity contribution in [2.45, 2.75) is 32.2 Å². The number of aromatic nitrogens is 2. The Balaban J connectivity index is 1.29. The molecule has 0 N–H and O–H groups in total. The first kappa shape index (κ1) is 21.9. The van der Waals surface area contributed by atoms with Crippen molar-refractivity contribution in [3.8, 4) is 0 Å². The van der Waals surface area contributed by atoms with Gasteiger partial charge in [0.15, 0.2) is 0 Å². The minimum atomic E-state index is -0.241. The molecule has 1 saturated heterocycles. The smallest absolute Gasteiger partial charge is 0.263 e. The molecular weight excluding hydrogens is 454 g/mol. The van der Waals surface area contributed by atoms with Gasteiger partial charge in [0.2, 0.25) is 0 Å². The van der Waals surface area contributed by atoms with Crippen LogP contribution in [0, 0.1) is 6.92 Å². The second-order valence-electron chi connectivity index (χ2n) is 8.57. The van der Waals surface area contributed by atoms with E-state index in [9.17, 15) is 9.59 Å². The molecule has 5 nitrogen and oxygen atoms in total. The molecule has 2 aromatic carbocycles. The fourth-order valence-corrected chi connectivity index (χ4v) is 5.71. The summed E-state index contributed by atoms with van der Waals surface area (Å²) in [5.74, 6) is 0.132. The summed E-state index contributed by atoms with van der Waals surface area (Å²) in [5, 5.41) is 1.79. The number of amides is 1. The molecular formula is C26H24ClN3O2S. The molecule has 0 aliphatic carbocycles. The Bertz CT molecular complexity index is 1390. The van der Waals surface area contributed by atoms with Crippen LogP contribution in [0.4, 0.5) is 0 Å². The van der Waals surface area contributed by atoms with Crippen LogP contribution in [0.3, 0.4) is 0 Å². The maximum atomic E-state index is 13.2. The topological polar surface area (TPSA) is 55.2 Å². The number of fused-ring (bicyclic) bond motifs is 1. The number of likely N-dealkylation sites (tertiary alicyclic amines) is 1.